The molecule has 0 fully saturated rings. The summed E-state index contributed by atoms with van der Waals surface area (Å²) in [5.41, 5.74) is 4.28. The maximum absolute atomic E-state index is 6.31. The Kier molecular flexibility index (Phi) is 3.72. The molecule has 1 heteroatoms. The SMILES string of the molecule is c1ccc2c(c1)ccc1cc3cc(-c4cccc5oc6ccc7ccccc7c6c45)ccc3cc12. The van der Waals surface area contributed by atoms with E-state index >= 15 is 0 Å². The maximum Gasteiger partial charge on any atom is 0.136 e. The third kappa shape index (κ3) is 2.70. The number of hydrogen-bond donors (Lipinski definition) is 0. The first-order valence-corrected chi connectivity index (χ1v) is 12.0. The highest BCUT2D eigenvalue weighted by molar-refractivity contribution is 6.23. The summed E-state index contributed by atoms with van der Waals surface area (Å²) in [5.74, 6) is 0. The van der Waals surface area contributed by atoms with E-state index in [2.05, 4.69) is 121 Å². The summed E-state index contributed by atoms with van der Waals surface area (Å²) in [4.78, 5) is 0. The summed E-state index contributed by atoms with van der Waals surface area (Å²) in [6, 6.07) is 43.7. The van der Waals surface area contributed by atoms with Crippen LogP contribution in [0.3, 0.4) is 0 Å². The van der Waals surface area contributed by atoms with Gasteiger partial charge in [0.1, 0.15) is 11.2 Å². The van der Waals surface area contributed by atoms with Gasteiger partial charge in [0.05, 0.1) is 0 Å². The standard InChI is InChI=1S/C34H20O/c1-3-8-27-21(6-1)12-14-25-19-26-18-24(15-13-23(26)20-30(25)27)29-10-5-11-31-34(29)33-28-9-4-2-7-22(28)16-17-32(33)35-31/h1-20H. The van der Waals surface area contributed by atoms with Gasteiger partial charge in [-0.2, -0.15) is 0 Å². The zero-order valence-corrected chi connectivity index (χ0v) is 19.0. The highest BCUT2D eigenvalue weighted by Crippen LogP contribution is 2.41. The average Bonchev–Trinajstić information content (AvgIpc) is 3.31. The normalized spacial score (nSPS) is 12.0. The molecule has 0 unspecified atom stereocenters. The minimum atomic E-state index is 0.930. The summed E-state index contributed by atoms with van der Waals surface area (Å²) in [6.45, 7) is 0. The smallest absolute Gasteiger partial charge is 0.136 e. The van der Waals surface area contributed by atoms with Crippen molar-refractivity contribution < 1.29 is 4.42 Å². The second-order valence-electron chi connectivity index (χ2n) is 9.36. The highest BCUT2D eigenvalue weighted by atomic mass is 16.3. The lowest BCUT2D eigenvalue weighted by molar-refractivity contribution is 0.669. The zero-order chi connectivity index (χ0) is 22.9. The molecule has 0 bridgehead atoms. The van der Waals surface area contributed by atoms with E-state index in [1.54, 1.807) is 0 Å². The topological polar surface area (TPSA) is 13.1 Å². The monoisotopic (exact) mass is 444 g/mol. The molecule has 1 aromatic heterocycles. The molecule has 7 aromatic carbocycles. The first-order chi connectivity index (χ1) is 17.3. The van der Waals surface area contributed by atoms with Gasteiger partial charge in [-0.25, -0.2) is 0 Å². The van der Waals surface area contributed by atoms with Crippen molar-refractivity contribution in [2.75, 3.05) is 0 Å². The van der Waals surface area contributed by atoms with E-state index in [0.29, 0.717) is 0 Å². The van der Waals surface area contributed by atoms with Crippen molar-refractivity contribution in [3.63, 3.8) is 0 Å². The molecule has 0 N–H and O–H groups in total. The number of rotatable bonds is 1. The van der Waals surface area contributed by atoms with Gasteiger partial charge in [0, 0.05) is 10.8 Å². The van der Waals surface area contributed by atoms with Crippen LogP contribution in [0.4, 0.5) is 0 Å². The van der Waals surface area contributed by atoms with Crippen LogP contribution >= 0.6 is 0 Å². The number of fused-ring (bicyclic) bond motifs is 9. The Morgan fingerprint density at radius 3 is 2.00 bits per heavy atom. The van der Waals surface area contributed by atoms with E-state index in [9.17, 15) is 0 Å². The van der Waals surface area contributed by atoms with Crippen molar-refractivity contribution in [3.8, 4) is 11.1 Å². The Morgan fingerprint density at radius 2 is 1.09 bits per heavy atom. The molecule has 162 valence electrons. The quantitative estimate of drug-likeness (QED) is 0.181. The molecule has 0 aliphatic rings. The van der Waals surface area contributed by atoms with E-state index in [1.807, 2.05) is 0 Å². The van der Waals surface area contributed by atoms with Gasteiger partial charge in [0.15, 0.2) is 0 Å². The van der Waals surface area contributed by atoms with E-state index < -0.39 is 0 Å². The van der Waals surface area contributed by atoms with Crippen LogP contribution in [0.5, 0.6) is 0 Å². The maximum atomic E-state index is 6.31. The third-order valence-electron chi connectivity index (χ3n) is 7.40. The van der Waals surface area contributed by atoms with Crippen molar-refractivity contribution in [1.29, 1.82) is 0 Å². The van der Waals surface area contributed by atoms with Gasteiger partial charge in [-0.3, -0.25) is 0 Å². The zero-order valence-electron chi connectivity index (χ0n) is 19.0. The molecule has 0 aliphatic heterocycles. The lowest BCUT2D eigenvalue weighted by Crippen LogP contribution is -1.83. The van der Waals surface area contributed by atoms with Crippen LogP contribution < -0.4 is 0 Å². The Bertz CT molecular complexity index is 2110. The molecule has 0 spiro atoms. The number of hydrogen-bond acceptors (Lipinski definition) is 1. The van der Waals surface area contributed by atoms with E-state index in [1.165, 1.54) is 65.0 Å². The Labute approximate surface area is 201 Å². The molecule has 0 atom stereocenters. The Hall–Kier alpha value is -4.62. The van der Waals surface area contributed by atoms with E-state index in [0.717, 1.165) is 11.2 Å². The van der Waals surface area contributed by atoms with Crippen LogP contribution in [0.15, 0.2) is 126 Å². The first kappa shape index (κ1) is 18.8. The molecular weight excluding hydrogens is 424 g/mol. The lowest BCUT2D eigenvalue weighted by atomic mass is 9.93. The van der Waals surface area contributed by atoms with Crippen molar-refractivity contribution >= 4 is 65.0 Å². The van der Waals surface area contributed by atoms with Crippen molar-refractivity contribution in [2.24, 2.45) is 0 Å². The predicted molar refractivity (Wildman–Crippen MR) is 149 cm³/mol. The summed E-state index contributed by atoms with van der Waals surface area (Å²) in [5, 5.41) is 12.5. The second-order valence-corrected chi connectivity index (χ2v) is 9.36. The molecular formula is C34H20O. The van der Waals surface area contributed by atoms with Gasteiger partial charge < -0.3 is 4.42 Å². The lowest BCUT2D eigenvalue weighted by Gasteiger charge is -2.09. The van der Waals surface area contributed by atoms with Crippen LogP contribution in [0, 0.1) is 0 Å². The summed E-state index contributed by atoms with van der Waals surface area (Å²) >= 11 is 0. The minimum Gasteiger partial charge on any atom is -0.456 e. The van der Waals surface area contributed by atoms with Crippen LogP contribution in [-0.2, 0) is 0 Å². The molecule has 0 saturated carbocycles. The van der Waals surface area contributed by atoms with Gasteiger partial charge in [-0.15, -0.1) is 0 Å². The average molecular weight is 445 g/mol. The fourth-order valence-electron chi connectivity index (χ4n) is 5.75. The van der Waals surface area contributed by atoms with E-state index in [4.69, 9.17) is 4.42 Å². The predicted octanol–water partition coefficient (Wildman–Crippen LogP) is 9.87. The fraction of sp³-hybridized carbons (Fsp3) is 0. The minimum absolute atomic E-state index is 0.930. The third-order valence-corrected chi connectivity index (χ3v) is 7.40. The van der Waals surface area contributed by atoms with Crippen LogP contribution in [0.2, 0.25) is 0 Å². The van der Waals surface area contributed by atoms with Gasteiger partial charge in [0.2, 0.25) is 0 Å². The van der Waals surface area contributed by atoms with Crippen LogP contribution in [-0.4, -0.2) is 0 Å². The van der Waals surface area contributed by atoms with Crippen LogP contribution in [0.1, 0.15) is 0 Å². The molecule has 0 aliphatic carbocycles. The Morgan fingerprint density at radius 1 is 0.371 bits per heavy atom. The number of furan rings is 1. The van der Waals surface area contributed by atoms with Crippen LogP contribution in [0.25, 0.3) is 76.2 Å². The Balaban J connectivity index is 1.42. The molecule has 8 rings (SSSR count). The fourth-order valence-corrected chi connectivity index (χ4v) is 5.75. The summed E-state index contributed by atoms with van der Waals surface area (Å²) in [6.07, 6.45) is 0. The second kappa shape index (κ2) is 6.94. The summed E-state index contributed by atoms with van der Waals surface area (Å²) in [7, 11) is 0. The molecule has 1 nitrogen and oxygen atoms in total. The van der Waals surface area contributed by atoms with Crippen molar-refractivity contribution in [3.05, 3.63) is 121 Å². The number of benzene rings is 7. The van der Waals surface area contributed by atoms with Crippen molar-refractivity contribution in [2.45, 2.75) is 0 Å². The molecule has 35 heavy (non-hydrogen) atoms. The molecule has 0 radical (unpaired) electrons. The van der Waals surface area contributed by atoms with Gasteiger partial charge in [0.25, 0.3) is 0 Å². The molecule has 8 aromatic rings. The molecule has 0 saturated heterocycles. The molecule has 1 heterocycles. The van der Waals surface area contributed by atoms with Gasteiger partial charge in [-0.1, -0.05) is 91.0 Å². The first-order valence-electron chi connectivity index (χ1n) is 12.0. The summed E-state index contributed by atoms with van der Waals surface area (Å²) < 4.78 is 6.31. The van der Waals surface area contributed by atoms with Gasteiger partial charge in [-0.05, 0) is 84.5 Å². The highest BCUT2D eigenvalue weighted by Gasteiger charge is 2.15. The largest absolute Gasteiger partial charge is 0.456 e. The van der Waals surface area contributed by atoms with Gasteiger partial charge >= 0.3 is 0 Å². The van der Waals surface area contributed by atoms with E-state index in [-0.39, 0.29) is 0 Å². The van der Waals surface area contributed by atoms with Crippen molar-refractivity contribution in [1.82, 2.24) is 0 Å². The molecule has 0 amide bonds.